The Morgan fingerprint density at radius 3 is 2.55 bits per heavy atom. The number of sulfonamides is 2. The molecule has 1 aromatic carbocycles. The van der Waals surface area contributed by atoms with Gasteiger partial charge in [-0.25, -0.2) is 21.8 Å². The van der Waals surface area contributed by atoms with E-state index in [0.717, 1.165) is 12.7 Å². The van der Waals surface area contributed by atoms with E-state index in [-0.39, 0.29) is 48.0 Å². The SMILES string of the molecule is C[C@@H]1CCCCO[C@@H](CN(C)S(=O)(=O)c2cn(C)cn2)[C@@H](C)CN([C@H](C)CO)C(=O)c2cc(NS(C)(=O)=O)ccc2O1. The third kappa shape index (κ3) is 8.89. The van der Waals surface area contributed by atoms with Crippen LogP contribution in [0.4, 0.5) is 5.69 Å². The summed E-state index contributed by atoms with van der Waals surface area (Å²) < 4.78 is 67.7. The van der Waals surface area contributed by atoms with Crippen molar-refractivity contribution in [3.63, 3.8) is 0 Å². The van der Waals surface area contributed by atoms with Crippen LogP contribution in [0.3, 0.4) is 0 Å². The second-order valence-corrected chi connectivity index (χ2v) is 14.8. The quantitative estimate of drug-likeness (QED) is 0.445. The van der Waals surface area contributed by atoms with Crippen molar-refractivity contribution in [2.45, 2.75) is 63.3 Å². The Morgan fingerprint density at radius 1 is 1.21 bits per heavy atom. The molecule has 2 N–H and O–H groups in total. The van der Waals surface area contributed by atoms with Gasteiger partial charge in [-0.1, -0.05) is 6.92 Å². The lowest BCUT2D eigenvalue weighted by atomic mass is 10.0. The van der Waals surface area contributed by atoms with Crippen LogP contribution >= 0.6 is 0 Å². The average molecular weight is 630 g/mol. The molecule has 0 radical (unpaired) electrons. The summed E-state index contributed by atoms with van der Waals surface area (Å²) in [6.07, 6.45) is 5.20. The number of likely N-dealkylation sites (N-methyl/N-ethyl adjacent to an activating group) is 1. The van der Waals surface area contributed by atoms with Crippen LogP contribution in [0.5, 0.6) is 5.75 Å². The van der Waals surface area contributed by atoms with E-state index in [1.54, 1.807) is 24.6 Å². The Kier molecular flexibility index (Phi) is 11.4. The standard InChI is InChI=1S/C27H43N5O8S2/c1-19-14-32(20(2)17-33)27(34)23-13-22(29-41(6,35)36)10-11-24(23)40-21(3)9-7-8-12-39-25(19)15-31(5)42(37,38)26-16-30(4)18-28-26/h10-11,13,16,18-21,25,29,33H,7-9,12,14-15,17H2,1-6H3/t19-,20+,21+,25-/m0/s1. The number of rotatable bonds is 8. The number of carbonyl (C=O) groups is 1. The predicted octanol–water partition coefficient (Wildman–Crippen LogP) is 1.91. The van der Waals surface area contributed by atoms with E-state index in [1.165, 1.54) is 40.9 Å². The molecule has 1 aromatic heterocycles. The topological polar surface area (TPSA) is 160 Å². The minimum Gasteiger partial charge on any atom is -0.490 e. The number of carbonyl (C=O) groups excluding carboxylic acids is 1. The van der Waals surface area contributed by atoms with Crippen LogP contribution in [0.25, 0.3) is 0 Å². The van der Waals surface area contributed by atoms with Crippen molar-refractivity contribution < 1.29 is 36.2 Å². The smallest absolute Gasteiger partial charge is 0.261 e. The minimum absolute atomic E-state index is 0.0220. The van der Waals surface area contributed by atoms with Crippen molar-refractivity contribution in [1.29, 1.82) is 0 Å². The molecule has 1 aliphatic heterocycles. The number of benzene rings is 1. The zero-order chi connectivity index (χ0) is 31.2. The van der Waals surface area contributed by atoms with Gasteiger partial charge >= 0.3 is 0 Å². The van der Waals surface area contributed by atoms with Gasteiger partial charge in [-0.3, -0.25) is 9.52 Å². The summed E-state index contributed by atoms with van der Waals surface area (Å²) in [6.45, 7) is 5.66. The fraction of sp³-hybridized carbons (Fsp3) is 0.630. The lowest BCUT2D eigenvalue weighted by Gasteiger charge is -2.35. The number of amides is 1. The maximum atomic E-state index is 14.1. The molecule has 1 amide bonds. The average Bonchev–Trinajstić information content (AvgIpc) is 3.36. The van der Waals surface area contributed by atoms with Gasteiger partial charge in [0.2, 0.25) is 10.0 Å². The second kappa shape index (κ2) is 14.2. The Balaban J connectivity index is 1.98. The Hall–Kier alpha value is -2.72. The molecule has 1 aliphatic rings. The fourth-order valence-corrected chi connectivity index (χ4v) is 6.39. The highest BCUT2D eigenvalue weighted by Gasteiger charge is 2.33. The van der Waals surface area contributed by atoms with E-state index in [1.807, 2.05) is 13.8 Å². The molecule has 0 fully saturated rings. The van der Waals surface area contributed by atoms with Crippen LogP contribution in [0.1, 0.15) is 50.4 Å². The van der Waals surface area contributed by atoms with Crippen LogP contribution < -0.4 is 9.46 Å². The normalized spacial score (nSPS) is 22.2. The highest BCUT2D eigenvalue weighted by atomic mass is 32.2. The second-order valence-electron chi connectivity index (χ2n) is 11.0. The van der Waals surface area contributed by atoms with Crippen LogP contribution in [0, 0.1) is 5.92 Å². The van der Waals surface area contributed by atoms with Gasteiger partial charge in [0.25, 0.3) is 15.9 Å². The van der Waals surface area contributed by atoms with Gasteiger partial charge in [-0.2, -0.15) is 4.31 Å². The molecule has 0 aliphatic carbocycles. The maximum Gasteiger partial charge on any atom is 0.261 e. The summed E-state index contributed by atoms with van der Waals surface area (Å²) in [5, 5.41) is 9.99. The molecule has 2 heterocycles. The largest absolute Gasteiger partial charge is 0.490 e. The first-order valence-electron chi connectivity index (χ1n) is 13.9. The molecule has 3 rings (SSSR count). The number of aryl methyl sites for hydroxylation is 1. The molecule has 15 heteroatoms. The van der Waals surface area contributed by atoms with Gasteiger partial charge in [-0.15, -0.1) is 0 Å². The van der Waals surface area contributed by atoms with Crippen molar-refractivity contribution in [2.75, 3.05) is 44.3 Å². The van der Waals surface area contributed by atoms with Gasteiger partial charge in [-0.05, 0) is 51.3 Å². The van der Waals surface area contributed by atoms with Crippen LogP contribution in [-0.2, 0) is 31.8 Å². The summed E-state index contributed by atoms with van der Waals surface area (Å²) in [5.41, 5.74) is 0.349. The summed E-state index contributed by atoms with van der Waals surface area (Å²) in [4.78, 5) is 19.5. The number of imidazole rings is 1. The Morgan fingerprint density at radius 2 is 1.93 bits per heavy atom. The lowest BCUT2D eigenvalue weighted by molar-refractivity contribution is -0.00835. The zero-order valence-electron chi connectivity index (χ0n) is 25.1. The molecule has 236 valence electrons. The third-order valence-electron chi connectivity index (χ3n) is 7.15. The monoisotopic (exact) mass is 629 g/mol. The van der Waals surface area contributed by atoms with Crippen LogP contribution in [-0.4, -0.2) is 104 Å². The molecular weight excluding hydrogens is 586 g/mol. The molecule has 0 bridgehead atoms. The molecule has 42 heavy (non-hydrogen) atoms. The van der Waals surface area contributed by atoms with Gasteiger partial charge < -0.3 is 24.0 Å². The number of nitrogens with one attached hydrogen (secondary N) is 1. The minimum atomic E-state index is -3.89. The molecular formula is C27H43N5O8S2. The Bertz CT molecular complexity index is 1430. The summed E-state index contributed by atoms with van der Waals surface area (Å²) in [5.74, 6) is -0.513. The van der Waals surface area contributed by atoms with E-state index < -0.39 is 38.1 Å². The third-order valence-corrected chi connectivity index (χ3v) is 9.46. The summed E-state index contributed by atoms with van der Waals surface area (Å²) in [7, 11) is -4.34. The first kappa shape index (κ1) is 33.8. The van der Waals surface area contributed by atoms with E-state index in [0.29, 0.717) is 25.2 Å². The van der Waals surface area contributed by atoms with Crippen molar-refractivity contribution in [2.24, 2.45) is 13.0 Å². The van der Waals surface area contributed by atoms with Gasteiger partial charge in [0.15, 0.2) is 5.03 Å². The lowest BCUT2D eigenvalue weighted by Crippen LogP contribution is -2.48. The van der Waals surface area contributed by atoms with Crippen molar-refractivity contribution in [1.82, 2.24) is 18.8 Å². The number of hydrogen-bond acceptors (Lipinski definition) is 9. The first-order chi connectivity index (χ1) is 19.6. The van der Waals surface area contributed by atoms with Crippen molar-refractivity contribution in [3.8, 4) is 5.75 Å². The zero-order valence-corrected chi connectivity index (χ0v) is 26.7. The van der Waals surface area contributed by atoms with Gasteiger partial charge in [0, 0.05) is 51.6 Å². The number of aliphatic hydroxyl groups excluding tert-OH is 1. The van der Waals surface area contributed by atoms with E-state index in [2.05, 4.69) is 9.71 Å². The number of aliphatic hydroxyl groups is 1. The van der Waals surface area contributed by atoms with E-state index >= 15 is 0 Å². The molecule has 13 nitrogen and oxygen atoms in total. The number of aromatic nitrogens is 2. The summed E-state index contributed by atoms with van der Waals surface area (Å²) in [6, 6.07) is 3.92. The molecule has 0 unspecified atom stereocenters. The summed E-state index contributed by atoms with van der Waals surface area (Å²) >= 11 is 0. The number of fused-ring (bicyclic) bond motifs is 1. The number of nitrogens with zero attached hydrogens (tertiary/aromatic N) is 4. The Labute approximate surface area is 248 Å². The maximum absolute atomic E-state index is 14.1. The van der Waals surface area contributed by atoms with Gasteiger partial charge in [0.1, 0.15) is 5.75 Å². The van der Waals surface area contributed by atoms with Crippen LogP contribution in [0.15, 0.2) is 35.7 Å². The molecule has 0 spiro atoms. The number of hydrogen-bond donors (Lipinski definition) is 2. The van der Waals surface area contributed by atoms with Crippen LogP contribution in [0.2, 0.25) is 0 Å². The molecule has 0 saturated heterocycles. The van der Waals surface area contributed by atoms with Gasteiger partial charge in [0.05, 0.1) is 43.0 Å². The first-order valence-corrected chi connectivity index (χ1v) is 17.2. The number of ether oxygens (including phenoxy) is 2. The highest BCUT2D eigenvalue weighted by Crippen LogP contribution is 2.29. The molecule has 0 saturated carbocycles. The van der Waals surface area contributed by atoms with E-state index in [4.69, 9.17) is 9.47 Å². The van der Waals surface area contributed by atoms with Crippen molar-refractivity contribution >= 4 is 31.6 Å². The van der Waals surface area contributed by atoms with E-state index in [9.17, 15) is 26.7 Å². The molecule has 4 atom stereocenters. The fourth-order valence-electron chi connectivity index (χ4n) is 4.70. The number of anilines is 1. The van der Waals surface area contributed by atoms with Crippen molar-refractivity contribution in [3.05, 3.63) is 36.3 Å². The molecule has 2 aromatic rings. The predicted molar refractivity (Wildman–Crippen MR) is 158 cm³/mol. The highest BCUT2D eigenvalue weighted by molar-refractivity contribution is 7.92.